The molecular formula is C14H23N3O. The van der Waals surface area contributed by atoms with Gasteiger partial charge in [-0.1, -0.05) is 6.92 Å². The minimum absolute atomic E-state index is 0.800. The van der Waals surface area contributed by atoms with Gasteiger partial charge in [-0.3, -0.25) is 4.90 Å². The number of aryl methyl sites for hydroxylation is 1. The summed E-state index contributed by atoms with van der Waals surface area (Å²) in [5, 5.41) is 0. The highest BCUT2D eigenvalue weighted by Crippen LogP contribution is 2.21. The number of hydrogen-bond donors (Lipinski definition) is 0. The van der Waals surface area contributed by atoms with Crippen LogP contribution < -0.4 is 0 Å². The van der Waals surface area contributed by atoms with Crippen LogP contribution in [0.1, 0.15) is 24.9 Å². The van der Waals surface area contributed by atoms with Crippen molar-refractivity contribution in [1.29, 1.82) is 0 Å². The first-order valence-electron chi connectivity index (χ1n) is 7.16. The molecule has 0 bridgehead atoms. The third kappa shape index (κ3) is 2.59. The molecule has 0 N–H and O–H groups in total. The van der Waals surface area contributed by atoms with Gasteiger partial charge in [0.15, 0.2) is 0 Å². The van der Waals surface area contributed by atoms with E-state index in [0.29, 0.717) is 0 Å². The minimum Gasteiger partial charge on any atom is -0.379 e. The van der Waals surface area contributed by atoms with Crippen LogP contribution in [0.5, 0.6) is 0 Å². The zero-order chi connectivity index (χ0) is 12.4. The normalized spacial score (nSPS) is 25.1. The zero-order valence-electron chi connectivity index (χ0n) is 11.3. The van der Waals surface area contributed by atoms with Gasteiger partial charge in [-0.25, -0.2) is 4.98 Å². The van der Waals surface area contributed by atoms with Crippen LogP contribution in [0.3, 0.4) is 0 Å². The van der Waals surface area contributed by atoms with Crippen LogP contribution in [-0.4, -0.2) is 47.3 Å². The van der Waals surface area contributed by atoms with E-state index in [0.717, 1.165) is 51.7 Å². The van der Waals surface area contributed by atoms with Crippen molar-refractivity contribution in [3.8, 4) is 0 Å². The molecule has 1 aromatic heterocycles. The first-order chi connectivity index (χ1) is 8.83. The highest BCUT2D eigenvalue weighted by molar-refractivity contribution is 5.09. The predicted octanol–water partition coefficient (Wildman–Crippen LogP) is 1.34. The summed E-state index contributed by atoms with van der Waals surface area (Å²) >= 11 is 0. The summed E-state index contributed by atoms with van der Waals surface area (Å²) in [4.78, 5) is 7.11. The van der Waals surface area contributed by atoms with Crippen LogP contribution >= 0.6 is 0 Å². The van der Waals surface area contributed by atoms with Gasteiger partial charge in [0.05, 0.1) is 13.2 Å². The van der Waals surface area contributed by atoms with Crippen molar-refractivity contribution < 1.29 is 4.74 Å². The highest BCUT2D eigenvalue weighted by atomic mass is 16.5. The van der Waals surface area contributed by atoms with Gasteiger partial charge in [-0.15, -0.1) is 0 Å². The molecule has 0 radical (unpaired) electrons. The number of hydrogen-bond acceptors (Lipinski definition) is 3. The minimum atomic E-state index is 0.800. The Morgan fingerprint density at radius 2 is 2.22 bits per heavy atom. The molecule has 3 heterocycles. The Morgan fingerprint density at radius 1 is 1.39 bits per heavy atom. The fraction of sp³-hybridized carbons (Fsp3) is 0.786. The number of fused-ring (bicyclic) bond motifs is 1. The lowest BCUT2D eigenvalue weighted by atomic mass is 10.0. The summed E-state index contributed by atoms with van der Waals surface area (Å²) in [6.45, 7) is 8.54. The quantitative estimate of drug-likeness (QED) is 0.810. The van der Waals surface area contributed by atoms with Crippen LogP contribution in [-0.2, 0) is 24.1 Å². The standard InChI is InChI=1S/C14H23N3O/c1-12-2-3-13-10-15-14(17(13)11-12)4-5-16-6-8-18-9-7-16/h10,12H,2-9,11H2,1H3. The summed E-state index contributed by atoms with van der Waals surface area (Å²) in [5.74, 6) is 2.08. The van der Waals surface area contributed by atoms with E-state index in [1.165, 1.54) is 24.4 Å². The van der Waals surface area contributed by atoms with Crippen molar-refractivity contribution in [3.05, 3.63) is 17.7 Å². The number of aromatic nitrogens is 2. The molecule has 0 amide bonds. The summed E-state index contributed by atoms with van der Waals surface area (Å²) in [7, 11) is 0. The Balaban J connectivity index is 1.61. The zero-order valence-corrected chi connectivity index (χ0v) is 11.3. The predicted molar refractivity (Wildman–Crippen MR) is 70.7 cm³/mol. The summed E-state index contributed by atoms with van der Waals surface area (Å²) in [6, 6.07) is 0. The SMILES string of the molecule is CC1CCc2cnc(CCN3CCOCC3)n2C1. The molecule has 1 fully saturated rings. The second-order valence-corrected chi connectivity index (χ2v) is 5.62. The summed E-state index contributed by atoms with van der Waals surface area (Å²) in [6.07, 6.45) is 5.67. The maximum Gasteiger partial charge on any atom is 0.110 e. The van der Waals surface area contributed by atoms with Crippen molar-refractivity contribution in [2.24, 2.45) is 5.92 Å². The lowest BCUT2D eigenvalue weighted by molar-refractivity contribution is 0.0381. The molecule has 1 unspecified atom stereocenters. The van der Waals surface area contributed by atoms with Crippen LogP contribution in [0, 0.1) is 5.92 Å². The van der Waals surface area contributed by atoms with E-state index in [2.05, 4.69) is 27.6 Å². The maximum absolute atomic E-state index is 5.38. The van der Waals surface area contributed by atoms with Crippen molar-refractivity contribution in [2.45, 2.75) is 32.7 Å². The maximum atomic E-state index is 5.38. The molecule has 2 aliphatic heterocycles. The second-order valence-electron chi connectivity index (χ2n) is 5.62. The van der Waals surface area contributed by atoms with E-state index in [1.807, 2.05) is 0 Å². The monoisotopic (exact) mass is 249 g/mol. The average Bonchev–Trinajstić information content (AvgIpc) is 2.80. The summed E-state index contributed by atoms with van der Waals surface area (Å²) < 4.78 is 7.83. The molecule has 1 aromatic rings. The molecule has 0 spiro atoms. The molecule has 0 aliphatic carbocycles. The molecule has 4 heteroatoms. The van der Waals surface area contributed by atoms with Crippen molar-refractivity contribution >= 4 is 0 Å². The van der Waals surface area contributed by atoms with E-state index in [9.17, 15) is 0 Å². The van der Waals surface area contributed by atoms with Gasteiger partial charge in [0, 0.05) is 44.5 Å². The number of morpholine rings is 1. The Morgan fingerprint density at radius 3 is 3.06 bits per heavy atom. The van der Waals surface area contributed by atoms with Gasteiger partial charge >= 0.3 is 0 Å². The molecule has 100 valence electrons. The smallest absolute Gasteiger partial charge is 0.110 e. The van der Waals surface area contributed by atoms with E-state index in [-0.39, 0.29) is 0 Å². The first-order valence-corrected chi connectivity index (χ1v) is 7.16. The highest BCUT2D eigenvalue weighted by Gasteiger charge is 2.19. The van der Waals surface area contributed by atoms with E-state index >= 15 is 0 Å². The Labute approximate surface area is 109 Å². The number of imidazole rings is 1. The molecule has 18 heavy (non-hydrogen) atoms. The van der Waals surface area contributed by atoms with Crippen molar-refractivity contribution in [1.82, 2.24) is 14.5 Å². The molecular weight excluding hydrogens is 226 g/mol. The van der Waals surface area contributed by atoms with Gasteiger partial charge in [-0.05, 0) is 18.8 Å². The van der Waals surface area contributed by atoms with Crippen LogP contribution in [0.2, 0.25) is 0 Å². The van der Waals surface area contributed by atoms with Crippen LogP contribution in [0.25, 0.3) is 0 Å². The van der Waals surface area contributed by atoms with Gasteiger partial charge in [-0.2, -0.15) is 0 Å². The molecule has 1 saturated heterocycles. The van der Waals surface area contributed by atoms with E-state index in [1.54, 1.807) is 0 Å². The second kappa shape index (κ2) is 5.41. The Hall–Kier alpha value is -0.870. The third-order valence-corrected chi connectivity index (χ3v) is 4.16. The topological polar surface area (TPSA) is 30.3 Å². The molecule has 3 rings (SSSR count). The van der Waals surface area contributed by atoms with Crippen LogP contribution in [0.4, 0.5) is 0 Å². The number of nitrogens with zero attached hydrogens (tertiary/aromatic N) is 3. The summed E-state index contributed by atoms with van der Waals surface area (Å²) in [5.41, 5.74) is 1.44. The first kappa shape index (κ1) is 12.2. The molecule has 4 nitrogen and oxygen atoms in total. The fourth-order valence-electron chi connectivity index (χ4n) is 2.96. The van der Waals surface area contributed by atoms with E-state index in [4.69, 9.17) is 4.74 Å². The fourth-order valence-corrected chi connectivity index (χ4v) is 2.96. The van der Waals surface area contributed by atoms with Crippen LogP contribution in [0.15, 0.2) is 6.20 Å². The molecule has 0 saturated carbocycles. The molecule has 1 atom stereocenters. The largest absolute Gasteiger partial charge is 0.379 e. The third-order valence-electron chi connectivity index (χ3n) is 4.16. The van der Waals surface area contributed by atoms with Gasteiger partial charge in [0.2, 0.25) is 0 Å². The number of ether oxygens (including phenoxy) is 1. The molecule has 0 aromatic carbocycles. The lowest BCUT2D eigenvalue weighted by Gasteiger charge is -2.27. The lowest BCUT2D eigenvalue weighted by Crippen LogP contribution is -2.37. The Bertz CT molecular complexity index is 396. The average molecular weight is 249 g/mol. The van der Waals surface area contributed by atoms with Gasteiger partial charge < -0.3 is 9.30 Å². The van der Waals surface area contributed by atoms with E-state index < -0.39 is 0 Å². The van der Waals surface area contributed by atoms with Gasteiger partial charge in [0.25, 0.3) is 0 Å². The molecule has 2 aliphatic rings. The van der Waals surface area contributed by atoms with Crippen molar-refractivity contribution in [3.63, 3.8) is 0 Å². The van der Waals surface area contributed by atoms with Gasteiger partial charge in [0.1, 0.15) is 5.82 Å². The van der Waals surface area contributed by atoms with Crippen molar-refractivity contribution in [2.75, 3.05) is 32.8 Å². The Kier molecular flexibility index (Phi) is 3.66. The number of rotatable bonds is 3.